The van der Waals surface area contributed by atoms with Crippen molar-refractivity contribution in [3.63, 3.8) is 0 Å². The number of nitrogen functional groups attached to an aromatic ring is 1. The van der Waals surface area contributed by atoms with Crippen molar-refractivity contribution in [1.82, 2.24) is 5.32 Å². The highest BCUT2D eigenvalue weighted by molar-refractivity contribution is 6.01. The lowest BCUT2D eigenvalue weighted by molar-refractivity contribution is 0.0964. The monoisotopic (exact) mass is 285 g/mol. The van der Waals surface area contributed by atoms with Crippen LogP contribution in [0, 0.1) is 0 Å². The standard InChI is InChI=1S/C16H19N3O2/c1-3-21-15-7-5-4-6-13(15)19-14-10-11(17)8-9-12(14)16(20)18-2/h4-10,19H,3,17H2,1-2H3,(H,18,20). The van der Waals surface area contributed by atoms with Gasteiger partial charge in [-0.25, -0.2) is 0 Å². The number of anilines is 3. The summed E-state index contributed by atoms with van der Waals surface area (Å²) >= 11 is 0. The molecule has 0 spiro atoms. The summed E-state index contributed by atoms with van der Waals surface area (Å²) < 4.78 is 5.57. The van der Waals surface area contributed by atoms with Gasteiger partial charge in [0.15, 0.2) is 0 Å². The van der Waals surface area contributed by atoms with E-state index < -0.39 is 0 Å². The Hall–Kier alpha value is -2.69. The fourth-order valence-corrected chi connectivity index (χ4v) is 1.99. The van der Waals surface area contributed by atoms with Crippen molar-refractivity contribution in [3.8, 4) is 5.75 Å². The van der Waals surface area contributed by atoms with Gasteiger partial charge >= 0.3 is 0 Å². The Morgan fingerprint density at radius 2 is 1.95 bits per heavy atom. The topological polar surface area (TPSA) is 76.4 Å². The third-order valence-corrected chi connectivity index (χ3v) is 2.97. The molecule has 0 aromatic heterocycles. The molecule has 2 aromatic carbocycles. The molecule has 21 heavy (non-hydrogen) atoms. The molecular weight excluding hydrogens is 266 g/mol. The van der Waals surface area contributed by atoms with Gasteiger partial charge in [-0.15, -0.1) is 0 Å². The Morgan fingerprint density at radius 3 is 2.67 bits per heavy atom. The average molecular weight is 285 g/mol. The molecule has 0 saturated carbocycles. The number of nitrogens with one attached hydrogen (secondary N) is 2. The Kier molecular flexibility index (Phi) is 4.66. The summed E-state index contributed by atoms with van der Waals surface area (Å²) in [5.74, 6) is 0.552. The third kappa shape index (κ3) is 3.45. The minimum Gasteiger partial charge on any atom is -0.492 e. The maximum absolute atomic E-state index is 11.9. The molecule has 0 saturated heterocycles. The van der Waals surface area contributed by atoms with Crippen LogP contribution in [0.3, 0.4) is 0 Å². The van der Waals surface area contributed by atoms with Crippen LogP contribution in [0.1, 0.15) is 17.3 Å². The summed E-state index contributed by atoms with van der Waals surface area (Å²) in [5.41, 5.74) is 8.35. The number of ether oxygens (including phenoxy) is 1. The van der Waals surface area contributed by atoms with Crippen LogP contribution in [-0.2, 0) is 0 Å². The summed E-state index contributed by atoms with van der Waals surface area (Å²) in [6.07, 6.45) is 0. The summed E-state index contributed by atoms with van der Waals surface area (Å²) in [7, 11) is 1.59. The number of rotatable bonds is 5. The van der Waals surface area contributed by atoms with Crippen LogP contribution in [0.5, 0.6) is 5.75 Å². The minimum atomic E-state index is -0.175. The normalized spacial score (nSPS) is 10.0. The number of para-hydroxylation sites is 2. The zero-order valence-electron chi connectivity index (χ0n) is 12.1. The molecule has 0 aliphatic carbocycles. The maximum atomic E-state index is 11.9. The van der Waals surface area contributed by atoms with Gasteiger partial charge in [0, 0.05) is 12.7 Å². The molecular formula is C16H19N3O2. The first-order chi connectivity index (χ1) is 10.2. The zero-order valence-corrected chi connectivity index (χ0v) is 12.1. The van der Waals surface area contributed by atoms with Crippen LogP contribution in [0.15, 0.2) is 42.5 Å². The number of carbonyl (C=O) groups excluding carboxylic acids is 1. The molecule has 0 heterocycles. The van der Waals surface area contributed by atoms with Crippen molar-refractivity contribution in [2.75, 3.05) is 24.7 Å². The van der Waals surface area contributed by atoms with E-state index in [4.69, 9.17) is 10.5 Å². The van der Waals surface area contributed by atoms with Crippen LogP contribution in [0.4, 0.5) is 17.1 Å². The number of nitrogens with two attached hydrogens (primary N) is 1. The number of hydrogen-bond acceptors (Lipinski definition) is 4. The van der Waals surface area contributed by atoms with Crippen LogP contribution in [0.2, 0.25) is 0 Å². The van der Waals surface area contributed by atoms with Gasteiger partial charge in [0.2, 0.25) is 0 Å². The molecule has 0 aliphatic heterocycles. The fraction of sp³-hybridized carbons (Fsp3) is 0.188. The van der Waals surface area contributed by atoms with Gasteiger partial charge < -0.3 is 21.1 Å². The molecule has 0 fully saturated rings. The highest BCUT2D eigenvalue weighted by atomic mass is 16.5. The quantitative estimate of drug-likeness (QED) is 0.738. The Morgan fingerprint density at radius 1 is 1.19 bits per heavy atom. The summed E-state index contributed by atoms with van der Waals surface area (Å²) in [5, 5.41) is 5.83. The van der Waals surface area contributed by atoms with Gasteiger partial charge in [-0.2, -0.15) is 0 Å². The number of carbonyl (C=O) groups is 1. The Balaban J connectivity index is 2.39. The highest BCUT2D eigenvalue weighted by Gasteiger charge is 2.12. The highest BCUT2D eigenvalue weighted by Crippen LogP contribution is 2.30. The minimum absolute atomic E-state index is 0.175. The molecule has 110 valence electrons. The molecule has 1 amide bonds. The summed E-state index contributed by atoms with van der Waals surface area (Å²) in [6.45, 7) is 2.49. The van der Waals surface area contributed by atoms with Gasteiger partial charge in [-0.1, -0.05) is 12.1 Å². The van der Waals surface area contributed by atoms with E-state index in [1.165, 1.54) is 0 Å². The molecule has 0 atom stereocenters. The SMILES string of the molecule is CCOc1ccccc1Nc1cc(N)ccc1C(=O)NC. The molecule has 0 unspecified atom stereocenters. The fourth-order valence-electron chi connectivity index (χ4n) is 1.99. The Bertz CT molecular complexity index is 641. The van der Waals surface area contributed by atoms with E-state index in [0.717, 1.165) is 11.4 Å². The van der Waals surface area contributed by atoms with Crippen molar-refractivity contribution < 1.29 is 9.53 Å². The largest absolute Gasteiger partial charge is 0.492 e. The first kappa shape index (κ1) is 14.7. The molecule has 0 radical (unpaired) electrons. The van der Waals surface area contributed by atoms with Crippen LogP contribution in [0.25, 0.3) is 0 Å². The predicted molar refractivity (Wildman–Crippen MR) is 85.1 cm³/mol. The van der Waals surface area contributed by atoms with E-state index in [2.05, 4.69) is 10.6 Å². The van der Waals surface area contributed by atoms with E-state index >= 15 is 0 Å². The third-order valence-electron chi connectivity index (χ3n) is 2.97. The number of amides is 1. The zero-order chi connectivity index (χ0) is 15.2. The molecule has 0 bridgehead atoms. The van der Waals surface area contributed by atoms with Crippen molar-refractivity contribution in [3.05, 3.63) is 48.0 Å². The second-order valence-electron chi connectivity index (χ2n) is 4.44. The molecule has 4 N–H and O–H groups in total. The molecule has 5 nitrogen and oxygen atoms in total. The van der Waals surface area contributed by atoms with E-state index in [1.807, 2.05) is 31.2 Å². The number of hydrogen-bond donors (Lipinski definition) is 3. The predicted octanol–water partition coefficient (Wildman–Crippen LogP) is 2.77. The molecule has 0 aliphatic rings. The lowest BCUT2D eigenvalue weighted by atomic mass is 10.1. The Labute approximate surface area is 124 Å². The van der Waals surface area contributed by atoms with E-state index in [9.17, 15) is 4.79 Å². The van der Waals surface area contributed by atoms with Crippen LogP contribution < -0.4 is 21.1 Å². The van der Waals surface area contributed by atoms with Gasteiger partial charge in [0.25, 0.3) is 5.91 Å². The van der Waals surface area contributed by atoms with Gasteiger partial charge in [-0.05, 0) is 37.3 Å². The van der Waals surface area contributed by atoms with E-state index in [1.54, 1.807) is 25.2 Å². The molecule has 2 aromatic rings. The lowest BCUT2D eigenvalue weighted by Gasteiger charge is -2.15. The molecule has 5 heteroatoms. The van der Waals surface area contributed by atoms with Crippen molar-refractivity contribution >= 4 is 23.0 Å². The van der Waals surface area contributed by atoms with Crippen molar-refractivity contribution in [1.29, 1.82) is 0 Å². The lowest BCUT2D eigenvalue weighted by Crippen LogP contribution is -2.19. The smallest absolute Gasteiger partial charge is 0.253 e. The van der Waals surface area contributed by atoms with E-state index in [-0.39, 0.29) is 5.91 Å². The maximum Gasteiger partial charge on any atom is 0.253 e. The van der Waals surface area contributed by atoms with Gasteiger partial charge in [-0.3, -0.25) is 4.79 Å². The average Bonchev–Trinajstić information content (AvgIpc) is 2.49. The second-order valence-corrected chi connectivity index (χ2v) is 4.44. The van der Waals surface area contributed by atoms with Crippen LogP contribution in [-0.4, -0.2) is 19.6 Å². The van der Waals surface area contributed by atoms with Gasteiger partial charge in [0.05, 0.1) is 23.5 Å². The van der Waals surface area contributed by atoms with Crippen molar-refractivity contribution in [2.24, 2.45) is 0 Å². The summed E-state index contributed by atoms with van der Waals surface area (Å²) in [6, 6.07) is 12.7. The van der Waals surface area contributed by atoms with E-state index in [0.29, 0.717) is 23.5 Å². The first-order valence-electron chi connectivity index (χ1n) is 6.76. The van der Waals surface area contributed by atoms with Crippen molar-refractivity contribution in [2.45, 2.75) is 6.92 Å². The van der Waals surface area contributed by atoms with Gasteiger partial charge in [0.1, 0.15) is 5.75 Å². The second kappa shape index (κ2) is 6.65. The first-order valence-corrected chi connectivity index (χ1v) is 6.76. The van der Waals surface area contributed by atoms with Crippen LogP contribution >= 0.6 is 0 Å². The number of benzene rings is 2. The summed E-state index contributed by atoms with van der Waals surface area (Å²) in [4.78, 5) is 11.9. The molecule has 2 rings (SSSR count).